The first-order chi connectivity index (χ1) is 16.9. The molecule has 0 saturated heterocycles. The molecule has 0 heterocycles. The van der Waals surface area contributed by atoms with E-state index in [0.29, 0.717) is 19.4 Å². The van der Waals surface area contributed by atoms with Crippen LogP contribution in [0.5, 0.6) is 0 Å². The topological polar surface area (TPSA) is 77.5 Å². The minimum Gasteiger partial charge on any atom is -0.748 e. The summed E-state index contributed by atoms with van der Waals surface area (Å²) in [5.41, 5.74) is 0. The molecule has 0 fully saturated rings. The molecule has 36 heavy (non-hydrogen) atoms. The predicted molar refractivity (Wildman–Crippen MR) is 149 cm³/mol. The molecule has 7 heteroatoms. The van der Waals surface area contributed by atoms with Crippen molar-refractivity contribution >= 4 is 16.0 Å². The second-order valence-electron chi connectivity index (χ2n) is 10.3. The summed E-state index contributed by atoms with van der Waals surface area (Å²) in [6.07, 6.45) is 31.4. The van der Waals surface area contributed by atoms with Gasteiger partial charge in [-0.2, -0.15) is 0 Å². The van der Waals surface area contributed by atoms with Crippen LogP contribution in [0.15, 0.2) is 12.2 Å². The minimum atomic E-state index is -4.15. The number of likely N-dealkylation sites (N-methyl/N-ethyl adjacent to an activating group) is 1. The maximum Gasteiger partial charge on any atom is 1.00 e. The van der Waals surface area contributed by atoms with Crippen molar-refractivity contribution in [3.05, 3.63) is 12.2 Å². The molecule has 0 aliphatic rings. The van der Waals surface area contributed by atoms with Crippen molar-refractivity contribution in [1.29, 1.82) is 0 Å². The summed E-state index contributed by atoms with van der Waals surface area (Å²) in [5, 5.41) is 0. The Morgan fingerprint density at radius 2 is 1.06 bits per heavy atom. The maximum absolute atomic E-state index is 12.0. The molecule has 0 bridgehead atoms. The Morgan fingerprint density at radius 3 is 1.44 bits per heavy atom. The second kappa shape index (κ2) is 28.1. The van der Waals surface area contributed by atoms with Gasteiger partial charge < -0.3 is 9.45 Å². The molecule has 0 aliphatic carbocycles. The van der Waals surface area contributed by atoms with Gasteiger partial charge in [0.15, 0.2) is 0 Å². The van der Waals surface area contributed by atoms with E-state index < -0.39 is 10.1 Å². The number of carbonyl (C=O) groups excluding carboxylic acids is 1. The number of nitrogens with zero attached hydrogens (tertiary/aromatic N) is 1. The van der Waals surface area contributed by atoms with E-state index >= 15 is 0 Å². The van der Waals surface area contributed by atoms with Gasteiger partial charge in [-0.3, -0.25) is 4.79 Å². The van der Waals surface area contributed by atoms with E-state index in [1.807, 2.05) is 6.08 Å². The molecule has 0 spiro atoms. The zero-order chi connectivity index (χ0) is 26.0. The number of carbonyl (C=O) groups is 1. The molecule has 0 N–H and O–H groups in total. The molecule has 0 aromatic carbocycles. The van der Waals surface area contributed by atoms with Crippen molar-refractivity contribution in [3.63, 3.8) is 0 Å². The first kappa shape index (κ1) is 38.3. The van der Waals surface area contributed by atoms with Gasteiger partial charge in [0.1, 0.15) is 0 Å². The van der Waals surface area contributed by atoms with Gasteiger partial charge in [-0.15, -0.1) is 0 Å². The van der Waals surface area contributed by atoms with Crippen LogP contribution < -0.4 is 29.6 Å². The molecule has 0 atom stereocenters. The number of amides is 1. The van der Waals surface area contributed by atoms with Crippen LogP contribution in [-0.2, 0) is 14.9 Å². The summed E-state index contributed by atoms with van der Waals surface area (Å²) in [6.45, 7) is 2.75. The van der Waals surface area contributed by atoms with Crippen LogP contribution in [0.2, 0.25) is 0 Å². The Balaban J connectivity index is 0. The van der Waals surface area contributed by atoms with Crippen LogP contribution in [0.25, 0.3) is 0 Å². The van der Waals surface area contributed by atoms with Crippen molar-refractivity contribution in [3.8, 4) is 0 Å². The second-order valence-corrected chi connectivity index (χ2v) is 11.8. The van der Waals surface area contributed by atoms with Crippen molar-refractivity contribution in [2.45, 2.75) is 148 Å². The largest absolute Gasteiger partial charge is 1.00 e. The van der Waals surface area contributed by atoms with Crippen LogP contribution in [0, 0.1) is 0 Å². The van der Waals surface area contributed by atoms with E-state index in [4.69, 9.17) is 0 Å². The number of rotatable bonds is 26. The van der Waals surface area contributed by atoms with Crippen molar-refractivity contribution < 1.29 is 47.3 Å². The van der Waals surface area contributed by atoms with Gasteiger partial charge in [-0.05, 0) is 31.8 Å². The fourth-order valence-corrected chi connectivity index (χ4v) is 4.95. The molecule has 0 radical (unpaired) electrons. The molecule has 208 valence electrons. The summed E-state index contributed by atoms with van der Waals surface area (Å²) >= 11 is 0. The van der Waals surface area contributed by atoms with Gasteiger partial charge in [-0.1, -0.05) is 129 Å². The Morgan fingerprint density at radius 1 is 0.667 bits per heavy atom. The Bertz CT molecular complexity index is 610. The number of hydrogen-bond acceptors (Lipinski definition) is 4. The minimum absolute atomic E-state index is 0. The van der Waals surface area contributed by atoms with Gasteiger partial charge in [0.25, 0.3) is 0 Å². The smallest absolute Gasteiger partial charge is 0.748 e. The Kier molecular flexibility index (Phi) is 29.9. The van der Waals surface area contributed by atoms with Crippen LogP contribution in [0.3, 0.4) is 0 Å². The molecule has 0 aliphatic heterocycles. The van der Waals surface area contributed by atoms with E-state index in [9.17, 15) is 17.8 Å². The molecular weight excluding hydrogens is 481 g/mol. The summed E-state index contributed by atoms with van der Waals surface area (Å²) in [5.74, 6) is -0.419. The molecule has 0 rings (SSSR count). The van der Waals surface area contributed by atoms with Gasteiger partial charge in [0.2, 0.25) is 5.91 Å². The number of allylic oxidation sites excluding steroid dienone is 1. The summed E-state index contributed by atoms with van der Waals surface area (Å²) in [4.78, 5) is 13.6. The van der Waals surface area contributed by atoms with Gasteiger partial charge in [0, 0.05) is 19.3 Å². The standard InChI is InChI=1S/C29H57NO4S.Na/c1-3-4-5-6-7-8-9-10-11-12-13-14-15-16-17-18-19-20-21-22-23-26-29(31)30(2)27-24-25-28-35(32,33)34;/h23,26H,3-22,24-25,27-28H2,1-2H3,(H,32,33,34);/q;+1/p-1/b26-23+;. The fourth-order valence-electron chi connectivity index (χ4n) is 4.39. The average molecular weight is 538 g/mol. The molecular formula is C29H56NNaO4S. The Labute approximate surface area is 246 Å². The summed E-state index contributed by atoms with van der Waals surface area (Å²) in [7, 11) is -2.45. The molecule has 0 aromatic rings. The maximum atomic E-state index is 12.0. The third kappa shape index (κ3) is 30.3. The van der Waals surface area contributed by atoms with E-state index in [1.54, 1.807) is 18.0 Å². The van der Waals surface area contributed by atoms with Crippen LogP contribution in [-0.4, -0.2) is 43.1 Å². The van der Waals surface area contributed by atoms with E-state index in [2.05, 4.69) is 6.92 Å². The van der Waals surface area contributed by atoms with E-state index in [0.717, 1.165) is 12.8 Å². The molecule has 1 amide bonds. The van der Waals surface area contributed by atoms with Gasteiger partial charge in [0.05, 0.1) is 10.1 Å². The molecule has 0 saturated carbocycles. The van der Waals surface area contributed by atoms with Gasteiger partial charge in [-0.25, -0.2) is 8.42 Å². The van der Waals surface area contributed by atoms with Crippen LogP contribution in [0.4, 0.5) is 0 Å². The van der Waals surface area contributed by atoms with E-state index in [-0.39, 0.29) is 41.2 Å². The normalized spacial score (nSPS) is 11.6. The SMILES string of the molecule is CCCCCCCCCCCCCCCCCCCCC/C=C/C(=O)N(C)CCCCS(=O)(=O)[O-].[Na+]. The molecule has 0 unspecified atom stereocenters. The zero-order valence-corrected chi connectivity index (χ0v) is 26.9. The third-order valence-electron chi connectivity index (χ3n) is 6.75. The number of hydrogen-bond donors (Lipinski definition) is 0. The summed E-state index contributed by atoms with van der Waals surface area (Å²) in [6, 6.07) is 0. The van der Waals surface area contributed by atoms with Crippen molar-refractivity contribution in [2.24, 2.45) is 0 Å². The Hall–Kier alpha value is 0.120. The quantitative estimate of drug-likeness (QED) is 0.0662. The molecule has 5 nitrogen and oxygen atoms in total. The monoisotopic (exact) mass is 537 g/mol. The fraction of sp³-hybridized carbons (Fsp3) is 0.897. The van der Waals surface area contributed by atoms with Crippen LogP contribution >= 0.6 is 0 Å². The van der Waals surface area contributed by atoms with E-state index in [1.165, 1.54) is 116 Å². The first-order valence-corrected chi connectivity index (χ1v) is 16.3. The zero-order valence-electron chi connectivity index (χ0n) is 24.1. The summed E-state index contributed by atoms with van der Waals surface area (Å²) < 4.78 is 31.7. The predicted octanol–water partition coefficient (Wildman–Crippen LogP) is 5.15. The molecule has 0 aromatic heterocycles. The van der Waals surface area contributed by atoms with Crippen molar-refractivity contribution in [2.75, 3.05) is 19.3 Å². The first-order valence-electron chi connectivity index (χ1n) is 14.7. The van der Waals surface area contributed by atoms with Crippen LogP contribution in [0.1, 0.15) is 148 Å². The van der Waals surface area contributed by atoms with Gasteiger partial charge >= 0.3 is 29.6 Å². The number of unbranched alkanes of at least 4 members (excludes halogenated alkanes) is 20. The third-order valence-corrected chi connectivity index (χ3v) is 7.54. The average Bonchev–Trinajstić information content (AvgIpc) is 2.81. The van der Waals surface area contributed by atoms with Crippen molar-refractivity contribution in [1.82, 2.24) is 4.90 Å².